The van der Waals surface area contributed by atoms with Gasteiger partial charge in [0, 0.05) is 6.54 Å². The lowest BCUT2D eigenvalue weighted by atomic mass is 9.81. The molecule has 1 atom stereocenters. The number of amides is 1. The van der Waals surface area contributed by atoms with Crippen molar-refractivity contribution in [3.8, 4) is 6.07 Å². The third-order valence-electron chi connectivity index (χ3n) is 3.45. The van der Waals surface area contributed by atoms with Crippen LogP contribution in [0.4, 0.5) is 0 Å². The minimum Gasteiger partial charge on any atom is -0.393 e. The second-order valence-electron chi connectivity index (χ2n) is 5.00. The van der Waals surface area contributed by atoms with Crippen LogP contribution in [-0.2, 0) is 4.79 Å². The van der Waals surface area contributed by atoms with Crippen LogP contribution in [0.25, 0.3) is 0 Å². The molecule has 0 radical (unpaired) electrons. The van der Waals surface area contributed by atoms with E-state index in [9.17, 15) is 10.1 Å². The number of rotatable bonds is 4. The Balaban J connectivity index is 2.53. The summed E-state index contributed by atoms with van der Waals surface area (Å²) in [5.74, 6) is -0.150. The molecule has 0 saturated heterocycles. The molecule has 0 aromatic carbocycles. The van der Waals surface area contributed by atoms with Gasteiger partial charge >= 0.3 is 0 Å². The van der Waals surface area contributed by atoms with Crippen LogP contribution in [0.5, 0.6) is 0 Å². The first-order chi connectivity index (χ1) is 8.10. The molecular formula is C13H22N2O2. The van der Waals surface area contributed by atoms with Gasteiger partial charge in [-0.1, -0.05) is 25.7 Å². The zero-order valence-corrected chi connectivity index (χ0v) is 10.5. The third kappa shape index (κ3) is 4.01. The quantitative estimate of drug-likeness (QED) is 0.733. The molecule has 0 heterocycles. The van der Waals surface area contributed by atoms with Crippen LogP contribution in [0.2, 0.25) is 0 Å². The van der Waals surface area contributed by atoms with Gasteiger partial charge in [-0.2, -0.15) is 5.26 Å². The lowest BCUT2D eigenvalue weighted by Crippen LogP contribution is -2.40. The van der Waals surface area contributed by atoms with Gasteiger partial charge in [0.2, 0.25) is 5.91 Å². The van der Waals surface area contributed by atoms with Gasteiger partial charge in [-0.05, 0) is 26.2 Å². The van der Waals surface area contributed by atoms with Crippen molar-refractivity contribution in [1.82, 2.24) is 5.32 Å². The lowest BCUT2D eigenvalue weighted by molar-refractivity contribution is -0.128. The molecule has 1 aliphatic carbocycles. The molecule has 0 bridgehead atoms. The maximum absolute atomic E-state index is 12.1. The normalized spacial score (nSPS) is 21.0. The van der Waals surface area contributed by atoms with Gasteiger partial charge < -0.3 is 10.4 Å². The number of carbonyl (C=O) groups excluding carboxylic acids is 1. The standard InChI is InChI=1S/C13H22N2O2/c1-11(16)6-9-15-12(17)13(10-14)7-4-2-3-5-8-13/h11,16H,2-9H2,1H3,(H,15,17). The van der Waals surface area contributed by atoms with E-state index >= 15 is 0 Å². The van der Waals surface area contributed by atoms with E-state index in [4.69, 9.17) is 5.11 Å². The number of nitrogens with zero attached hydrogens (tertiary/aromatic N) is 1. The molecule has 96 valence electrons. The highest BCUT2D eigenvalue weighted by Crippen LogP contribution is 2.34. The molecule has 17 heavy (non-hydrogen) atoms. The summed E-state index contributed by atoms with van der Waals surface area (Å²) >= 11 is 0. The Morgan fingerprint density at radius 1 is 1.41 bits per heavy atom. The molecular weight excluding hydrogens is 216 g/mol. The van der Waals surface area contributed by atoms with Crippen molar-refractivity contribution >= 4 is 5.91 Å². The summed E-state index contributed by atoms with van der Waals surface area (Å²) in [5.41, 5.74) is -0.824. The minimum atomic E-state index is -0.824. The van der Waals surface area contributed by atoms with E-state index in [0.29, 0.717) is 25.8 Å². The van der Waals surface area contributed by atoms with Crippen molar-refractivity contribution in [2.75, 3.05) is 6.54 Å². The van der Waals surface area contributed by atoms with E-state index < -0.39 is 11.5 Å². The van der Waals surface area contributed by atoms with Gasteiger partial charge in [0.1, 0.15) is 5.41 Å². The maximum atomic E-state index is 12.1. The van der Waals surface area contributed by atoms with Crippen LogP contribution in [0.1, 0.15) is 51.9 Å². The van der Waals surface area contributed by atoms with Crippen molar-refractivity contribution in [3.63, 3.8) is 0 Å². The Morgan fingerprint density at radius 3 is 2.47 bits per heavy atom. The molecule has 1 amide bonds. The van der Waals surface area contributed by atoms with Crippen LogP contribution in [0.15, 0.2) is 0 Å². The number of aliphatic hydroxyl groups excluding tert-OH is 1. The van der Waals surface area contributed by atoms with Crippen LogP contribution in [0.3, 0.4) is 0 Å². The van der Waals surface area contributed by atoms with E-state index in [2.05, 4.69) is 11.4 Å². The number of nitrogens with one attached hydrogen (secondary N) is 1. The smallest absolute Gasteiger partial charge is 0.240 e. The van der Waals surface area contributed by atoms with Crippen molar-refractivity contribution in [2.45, 2.75) is 58.0 Å². The first kappa shape index (κ1) is 14.0. The Morgan fingerprint density at radius 2 is 2.00 bits per heavy atom. The number of carbonyl (C=O) groups is 1. The molecule has 1 unspecified atom stereocenters. The Hall–Kier alpha value is -1.08. The fourth-order valence-electron chi connectivity index (χ4n) is 2.29. The fraction of sp³-hybridized carbons (Fsp3) is 0.846. The van der Waals surface area contributed by atoms with E-state index in [0.717, 1.165) is 25.7 Å². The topological polar surface area (TPSA) is 73.1 Å². The zero-order chi connectivity index (χ0) is 12.7. The molecule has 0 aromatic rings. The van der Waals surface area contributed by atoms with E-state index in [-0.39, 0.29) is 5.91 Å². The van der Waals surface area contributed by atoms with Gasteiger partial charge in [-0.15, -0.1) is 0 Å². The van der Waals surface area contributed by atoms with Crippen LogP contribution < -0.4 is 5.32 Å². The van der Waals surface area contributed by atoms with E-state index in [1.165, 1.54) is 0 Å². The van der Waals surface area contributed by atoms with Gasteiger partial charge in [-0.25, -0.2) is 0 Å². The van der Waals surface area contributed by atoms with Crippen molar-refractivity contribution in [1.29, 1.82) is 5.26 Å². The minimum absolute atomic E-state index is 0.150. The average Bonchev–Trinajstić information content (AvgIpc) is 2.54. The van der Waals surface area contributed by atoms with Crippen LogP contribution >= 0.6 is 0 Å². The lowest BCUT2D eigenvalue weighted by Gasteiger charge is -2.23. The van der Waals surface area contributed by atoms with Crippen molar-refractivity contribution in [3.05, 3.63) is 0 Å². The molecule has 1 aliphatic rings. The second-order valence-corrected chi connectivity index (χ2v) is 5.00. The number of aliphatic hydroxyl groups is 1. The Labute approximate surface area is 103 Å². The first-order valence-electron chi connectivity index (χ1n) is 6.48. The summed E-state index contributed by atoms with van der Waals surface area (Å²) in [4.78, 5) is 12.1. The maximum Gasteiger partial charge on any atom is 0.240 e. The number of nitriles is 1. The summed E-state index contributed by atoms with van der Waals surface area (Å²) < 4.78 is 0. The van der Waals surface area contributed by atoms with Gasteiger partial charge in [0.25, 0.3) is 0 Å². The number of hydrogen-bond donors (Lipinski definition) is 2. The van der Waals surface area contributed by atoms with Gasteiger partial charge in [0.15, 0.2) is 0 Å². The summed E-state index contributed by atoms with van der Waals surface area (Å²) in [6.07, 6.45) is 5.60. The van der Waals surface area contributed by atoms with Gasteiger partial charge in [0.05, 0.1) is 12.2 Å². The molecule has 0 aromatic heterocycles. The largest absolute Gasteiger partial charge is 0.393 e. The highest BCUT2D eigenvalue weighted by Gasteiger charge is 2.38. The SMILES string of the molecule is CC(O)CCNC(=O)C1(C#N)CCCCCC1. The first-order valence-corrected chi connectivity index (χ1v) is 6.48. The molecule has 1 saturated carbocycles. The van der Waals surface area contributed by atoms with Crippen molar-refractivity contribution in [2.24, 2.45) is 5.41 Å². The molecule has 1 fully saturated rings. The van der Waals surface area contributed by atoms with E-state index in [1.807, 2.05) is 0 Å². The zero-order valence-electron chi connectivity index (χ0n) is 10.5. The molecule has 0 aliphatic heterocycles. The highest BCUT2D eigenvalue weighted by molar-refractivity contribution is 5.85. The molecule has 0 spiro atoms. The average molecular weight is 238 g/mol. The summed E-state index contributed by atoms with van der Waals surface area (Å²) in [5, 5.41) is 21.2. The highest BCUT2D eigenvalue weighted by atomic mass is 16.3. The molecule has 4 nitrogen and oxygen atoms in total. The third-order valence-corrected chi connectivity index (χ3v) is 3.45. The van der Waals surface area contributed by atoms with Crippen LogP contribution in [-0.4, -0.2) is 23.7 Å². The second kappa shape index (κ2) is 6.61. The van der Waals surface area contributed by atoms with Crippen molar-refractivity contribution < 1.29 is 9.90 Å². The predicted molar refractivity (Wildman–Crippen MR) is 65.1 cm³/mol. The molecule has 1 rings (SSSR count). The van der Waals surface area contributed by atoms with Crippen LogP contribution in [0, 0.1) is 16.7 Å². The number of hydrogen-bond acceptors (Lipinski definition) is 3. The van der Waals surface area contributed by atoms with Gasteiger partial charge in [-0.3, -0.25) is 4.79 Å². The predicted octanol–water partition coefficient (Wildman–Crippen LogP) is 1.74. The Kier molecular flexibility index (Phi) is 5.43. The summed E-state index contributed by atoms with van der Waals surface area (Å²) in [6.45, 7) is 2.14. The fourth-order valence-corrected chi connectivity index (χ4v) is 2.29. The summed E-state index contributed by atoms with van der Waals surface area (Å²) in [7, 11) is 0. The monoisotopic (exact) mass is 238 g/mol. The van der Waals surface area contributed by atoms with E-state index in [1.54, 1.807) is 6.92 Å². The molecule has 4 heteroatoms. The Bertz CT molecular complexity index is 286. The molecule has 2 N–H and O–H groups in total. The summed E-state index contributed by atoms with van der Waals surface area (Å²) in [6, 6.07) is 2.22.